The Bertz CT molecular complexity index is 172. The maximum Gasteiger partial charge on any atom is 0.140 e. The molecule has 0 aliphatic heterocycles. The fourth-order valence-corrected chi connectivity index (χ4v) is 0.825. The summed E-state index contributed by atoms with van der Waals surface area (Å²) < 4.78 is 4.77. The van der Waals surface area contributed by atoms with E-state index in [4.69, 9.17) is 14.9 Å². The van der Waals surface area contributed by atoms with E-state index in [0.717, 1.165) is 0 Å². The van der Waals surface area contributed by atoms with Gasteiger partial charge in [-0.15, -0.1) is 0 Å². The molecule has 1 rings (SSSR count). The normalized spacial score (nSPS) is 31.7. The van der Waals surface area contributed by atoms with E-state index in [1.54, 1.807) is 12.2 Å². The molecule has 2 atom stereocenters. The van der Waals surface area contributed by atoms with Gasteiger partial charge in [0, 0.05) is 0 Å². The van der Waals surface area contributed by atoms with Crippen LogP contribution in [0.25, 0.3) is 0 Å². The number of ether oxygens (including phenoxy) is 1. The van der Waals surface area contributed by atoms with Gasteiger partial charge >= 0.3 is 0 Å². The molecular weight excluding hydrogens is 132 g/mol. The van der Waals surface area contributed by atoms with Crippen molar-refractivity contribution < 1.29 is 14.9 Å². The summed E-state index contributed by atoms with van der Waals surface area (Å²) in [6.07, 6.45) is 3.04. The fourth-order valence-electron chi connectivity index (χ4n) is 0.825. The summed E-state index contributed by atoms with van der Waals surface area (Å²) in [4.78, 5) is 0. The predicted molar refractivity (Wildman–Crippen MR) is 36.2 cm³/mol. The highest BCUT2D eigenvalue weighted by Gasteiger charge is 2.20. The Hall–Kier alpha value is -0.800. The quantitative estimate of drug-likeness (QED) is 0.533. The van der Waals surface area contributed by atoms with Crippen molar-refractivity contribution in [3.05, 3.63) is 24.0 Å². The molecule has 0 aromatic carbocycles. The second kappa shape index (κ2) is 2.86. The number of aliphatic hydroxyl groups excluding tert-OH is 2. The minimum Gasteiger partial charge on any atom is -0.498 e. The molecule has 0 saturated heterocycles. The molecule has 2 N–H and O–H groups in total. The average Bonchev–Trinajstić information content (AvgIpc) is 1.95. The van der Waals surface area contributed by atoms with Crippen LogP contribution in [-0.2, 0) is 4.74 Å². The monoisotopic (exact) mass is 142 g/mol. The molecule has 3 nitrogen and oxygen atoms in total. The van der Waals surface area contributed by atoms with E-state index >= 15 is 0 Å². The predicted octanol–water partition coefficient (Wildman–Crippen LogP) is -0.192. The highest BCUT2D eigenvalue weighted by molar-refractivity contribution is 5.20. The lowest BCUT2D eigenvalue weighted by Crippen LogP contribution is -2.28. The average molecular weight is 142 g/mol. The molecular formula is C7H10O3. The van der Waals surface area contributed by atoms with Gasteiger partial charge in [-0.2, -0.15) is 0 Å². The molecule has 0 amide bonds. The third-order valence-electron chi connectivity index (χ3n) is 1.42. The SMILES string of the molecule is COC1=CC=CC(O)C1O. The molecule has 0 spiro atoms. The van der Waals surface area contributed by atoms with E-state index in [2.05, 4.69) is 0 Å². The first kappa shape index (κ1) is 7.31. The lowest BCUT2D eigenvalue weighted by molar-refractivity contribution is 0.0337. The van der Waals surface area contributed by atoms with Crippen molar-refractivity contribution in [3.63, 3.8) is 0 Å². The van der Waals surface area contributed by atoms with Crippen LogP contribution in [0.4, 0.5) is 0 Å². The topological polar surface area (TPSA) is 49.7 Å². The summed E-state index contributed by atoms with van der Waals surface area (Å²) in [5.41, 5.74) is 0. The molecule has 0 fully saturated rings. The Morgan fingerprint density at radius 2 is 2.20 bits per heavy atom. The van der Waals surface area contributed by atoms with Gasteiger partial charge in [0.05, 0.1) is 7.11 Å². The van der Waals surface area contributed by atoms with Gasteiger partial charge in [-0.1, -0.05) is 12.2 Å². The number of hydrogen-bond acceptors (Lipinski definition) is 3. The molecule has 0 aromatic rings. The number of rotatable bonds is 1. The summed E-state index contributed by atoms with van der Waals surface area (Å²) >= 11 is 0. The Kier molecular flexibility index (Phi) is 2.09. The third kappa shape index (κ3) is 1.20. The third-order valence-corrected chi connectivity index (χ3v) is 1.42. The van der Waals surface area contributed by atoms with Gasteiger partial charge in [0.15, 0.2) is 0 Å². The molecule has 0 aromatic heterocycles. The van der Waals surface area contributed by atoms with Crippen LogP contribution in [-0.4, -0.2) is 29.5 Å². The van der Waals surface area contributed by atoms with E-state index < -0.39 is 12.2 Å². The molecule has 2 unspecified atom stereocenters. The molecule has 1 aliphatic rings. The van der Waals surface area contributed by atoms with E-state index in [0.29, 0.717) is 5.76 Å². The zero-order chi connectivity index (χ0) is 7.56. The molecule has 3 heteroatoms. The number of hydrogen-bond donors (Lipinski definition) is 2. The molecule has 56 valence electrons. The smallest absolute Gasteiger partial charge is 0.140 e. The molecule has 0 heterocycles. The summed E-state index contributed by atoms with van der Waals surface area (Å²) in [6.45, 7) is 0. The molecule has 10 heavy (non-hydrogen) atoms. The van der Waals surface area contributed by atoms with Gasteiger partial charge in [0.25, 0.3) is 0 Å². The summed E-state index contributed by atoms with van der Waals surface area (Å²) in [5, 5.41) is 18.2. The van der Waals surface area contributed by atoms with Crippen LogP contribution >= 0.6 is 0 Å². The van der Waals surface area contributed by atoms with Crippen LogP contribution in [0.3, 0.4) is 0 Å². The Labute approximate surface area is 59.2 Å². The van der Waals surface area contributed by atoms with Crippen molar-refractivity contribution in [1.82, 2.24) is 0 Å². The Balaban J connectivity index is 2.71. The maximum atomic E-state index is 9.14. The zero-order valence-corrected chi connectivity index (χ0v) is 5.69. The van der Waals surface area contributed by atoms with Crippen LogP contribution in [0.1, 0.15) is 0 Å². The van der Waals surface area contributed by atoms with Gasteiger partial charge < -0.3 is 14.9 Å². The Morgan fingerprint density at radius 1 is 1.50 bits per heavy atom. The molecule has 0 radical (unpaired) electrons. The number of allylic oxidation sites excluding steroid dienone is 2. The van der Waals surface area contributed by atoms with Crippen LogP contribution in [0.2, 0.25) is 0 Å². The highest BCUT2D eigenvalue weighted by atomic mass is 16.5. The minimum atomic E-state index is -0.907. The van der Waals surface area contributed by atoms with Gasteiger partial charge in [0.2, 0.25) is 0 Å². The molecule has 1 aliphatic carbocycles. The largest absolute Gasteiger partial charge is 0.498 e. The number of methoxy groups -OCH3 is 1. The second-order valence-corrected chi connectivity index (χ2v) is 2.09. The van der Waals surface area contributed by atoms with Gasteiger partial charge in [-0.3, -0.25) is 0 Å². The van der Waals surface area contributed by atoms with Crippen molar-refractivity contribution in [2.45, 2.75) is 12.2 Å². The van der Waals surface area contributed by atoms with Gasteiger partial charge in [-0.05, 0) is 6.08 Å². The van der Waals surface area contributed by atoms with Crippen LogP contribution in [0.15, 0.2) is 24.0 Å². The van der Waals surface area contributed by atoms with Crippen molar-refractivity contribution in [3.8, 4) is 0 Å². The first-order chi connectivity index (χ1) is 4.75. The van der Waals surface area contributed by atoms with Crippen LogP contribution in [0, 0.1) is 0 Å². The summed E-state index contributed by atoms with van der Waals surface area (Å²) in [7, 11) is 1.46. The lowest BCUT2D eigenvalue weighted by atomic mass is 10.1. The fraction of sp³-hybridized carbons (Fsp3) is 0.429. The maximum absolute atomic E-state index is 9.14. The summed E-state index contributed by atoms with van der Waals surface area (Å²) in [5.74, 6) is 0.398. The van der Waals surface area contributed by atoms with Crippen molar-refractivity contribution in [1.29, 1.82) is 0 Å². The van der Waals surface area contributed by atoms with E-state index in [-0.39, 0.29) is 0 Å². The first-order valence-corrected chi connectivity index (χ1v) is 3.04. The second-order valence-electron chi connectivity index (χ2n) is 2.09. The summed E-state index contributed by atoms with van der Waals surface area (Å²) in [6, 6.07) is 0. The van der Waals surface area contributed by atoms with E-state index in [1.807, 2.05) is 0 Å². The van der Waals surface area contributed by atoms with Crippen molar-refractivity contribution in [2.75, 3.05) is 7.11 Å². The van der Waals surface area contributed by atoms with E-state index in [9.17, 15) is 0 Å². The van der Waals surface area contributed by atoms with Gasteiger partial charge in [-0.25, -0.2) is 0 Å². The van der Waals surface area contributed by atoms with Gasteiger partial charge in [0.1, 0.15) is 18.0 Å². The zero-order valence-electron chi connectivity index (χ0n) is 5.69. The van der Waals surface area contributed by atoms with Crippen LogP contribution in [0.5, 0.6) is 0 Å². The van der Waals surface area contributed by atoms with Crippen molar-refractivity contribution in [2.24, 2.45) is 0 Å². The van der Waals surface area contributed by atoms with E-state index in [1.165, 1.54) is 13.2 Å². The number of aliphatic hydroxyl groups is 2. The standard InChI is InChI=1S/C7H10O3/c1-10-6-4-2-3-5(8)7(6)9/h2-5,7-9H,1H3. The Morgan fingerprint density at radius 3 is 2.70 bits per heavy atom. The first-order valence-electron chi connectivity index (χ1n) is 3.04. The highest BCUT2D eigenvalue weighted by Crippen LogP contribution is 2.13. The van der Waals surface area contributed by atoms with Crippen molar-refractivity contribution >= 4 is 0 Å². The van der Waals surface area contributed by atoms with Crippen LogP contribution < -0.4 is 0 Å². The lowest BCUT2D eigenvalue weighted by Gasteiger charge is -2.19. The molecule has 0 saturated carbocycles. The molecule has 0 bridgehead atoms. The minimum absolute atomic E-state index is 0.398.